The van der Waals surface area contributed by atoms with Crippen molar-refractivity contribution in [1.29, 1.82) is 0 Å². The van der Waals surface area contributed by atoms with Gasteiger partial charge in [-0.15, -0.1) is 0 Å². The zero-order chi connectivity index (χ0) is 37.9. The van der Waals surface area contributed by atoms with Crippen LogP contribution in [0.25, 0.3) is 0 Å². The lowest BCUT2D eigenvalue weighted by Crippen LogP contribution is -2.33. The molecule has 2 N–H and O–H groups in total. The second-order valence-corrected chi connectivity index (χ2v) is 14.8. The maximum atomic E-state index is 5.45. The molecule has 6 heteroatoms. The lowest BCUT2D eigenvalue weighted by Gasteiger charge is -2.22. The molecule has 5 heterocycles. The number of benzene rings is 2. The van der Waals surface area contributed by atoms with Crippen LogP contribution in [0.15, 0.2) is 172 Å². The van der Waals surface area contributed by atoms with Crippen LogP contribution < -0.4 is 10.6 Å². The molecule has 0 fully saturated rings. The van der Waals surface area contributed by atoms with Crippen molar-refractivity contribution in [2.45, 2.75) is 106 Å². The van der Waals surface area contributed by atoms with Gasteiger partial charge in [-0.2, -0.15) is 0 Å². The van der Waals surface area contributed by atoms with Crippen molar-refractivity contribution < 1.29 is 0 Å². The molecule has 0 saturated heterocycles. The molecule has 2 atom stereocenters. The maximum absolute atomic E-state index is 5.45. The van der Waals surface area contributed by atoms with Gasteiger partial charge in [-0.1, -0.05) is 88.4 Å². The predicted molar refractivity (Wildman–Crippen MR) is 228 cm³/mol. The van der Waals surface area contributed by atoms with E-state index in [0.29, 0.717) is 0 Å². The Morgan fingerprint density at radius 3 is 1.33 bits per heavy atom. The van der Waals surface area contributed by atoms with Crippen LogP contribution in [0.3, 0.4) is 0 Å². The van der Waals surface area contributed by atoms with Gasteiger partial charge in [-0.3, -0.25) is 0 Å². The molecule has 0 aliphatic carbocycles. The molecule has 2 aromatic carbocycles. The Morgan fingerprint density at radius 2 is 0.852 bits per heavy atom. The molecular weight excluding hydrogens is 661 g/mol. The smallest absolute Gasteiger partial charge is 0.0709 e. The highest BCUT2D eigenvalue weighted by molar-refractivity contribution is 6.20. The Bertz CT molecular complexity index is 2220. The third kappa shape index (κ3) is 7.25. The number of nitrogens with one attached hydrogen (secondary N) is 2. The molecule has 0 amide bonds. The van der Waals surface area contributed by atoms with Crippen molar-refractivity contribution in [3.05, 3.63) is 163 Å². The van der Waals surface area contributed by atoms with Gasteiger partial charge in [0.25, 0.3) is 0 Å². The Labute approximate surface area is 322 Å². The van der Waals surface area contributed by atoms with Crippen LogP contribution in [0, 0.1) is 0 Å². The number of rotatable bonds is 12. The van der Waals surface area contributed by atoms with E-state index in [1.165, 1.54) is 55.7 Å². The second-order valence-electron chi connectivity index (χ2n) is 14.8. The van der Waals surface area contributed by atoms with Gasteiger partial charge in [0.1, 0.15) is 0 Å². The summed E-state index contributed by atoms with van der Waals surface area (Å²) in [6, 6.07) is 21.5. The lowest BCUT2D eigenvalue weighted by molar-refractivity contribution is 0.557. The molecule has 0 spiro atoms. The highest BCUT2D eigenvalue weighted by atomic mass is 15.0. The number of hydrogen-bond acceptors (Lipinski definition) is 6. The van der Waals surface area contributed by atoms with E-state index in [1.54, 1.807) is 0 Å². The summed E-state index contributed by atoms with van der Waals surface area (Å²) in [6.07, 6.45) is 12.5. The Kier molecular flexibility index (Phi) is 11.1. The molecule has 2 aromatic rings. The van der Waals surface area contributed by atoms with Crippen LogP contribution >= 0.6 is 0 Å². The normalized spacial score (nSPS) is 19.4. The Hall–Kier alpha value is -5.04. The van der Waals surface area contributed by atoms with Gasteiger partial charge in [0.2, 0.25) is 0 Å². The Morgan fingerprint density at radius 1 is 0.444 bits per heavy atom. The van der Waals surface area contributed by atoms with Gasteiger partial charge in [-0.05, 0) is 133 Å². The molecule has 5 aliphatic rings. The van der Waals surface area contributed by atoms with Crippen molar-refractivity contribution in [3.8, 4) is 0 Å². The summed E-state index contributed by atoms with van der Waals surface area (Å²) in [4.78, 5) is 21.4. The fourth-order valence-electron chi connectivity index (χ4n) is 8.35. The first-order valence-corrected chi connectivity index (χ1v) is 19.8. The molecule has 5 aliphatic heterocycles. The van der Waals surface area contributed by atoms with Crippen LogP contribution in [0.2, 0.25) is 0 Å². The minimum absolute atomic E-state index is 0.0995. The Balaban J connectivity index is 1.41. The van der Waals surface area contributed by atoms with E-state index in [9.17, 15) is 0 Å². The number of allylic oxidation sites excluding steroid dienone is 10. The van der Waals surface area contributed by atoms with Crippen LogP contribution in [0.1, 0.15) is 92.2 Å². The van der Waals surface area contributed by atoms with Gasteiger partial charge in [0.15, 0.2) is 0 Å². The average Bonchev–Trinajstić information content (AvgIpc) is 3.86. The van der Waals surface area contributed by atoms with Gasteiger partial charge in [0.05, 0.1) is 45.6 Å². The van der Waals surface area contributed by atoms with Gasteiger partial charge >= 0.3 is 0 Å². The number of hydrogen-bond donors (Lipinski definition) is 2. The molecule has 8 bridgehead atoms. The summed E-state index contributed by atoms with van der Waals surface area (Å²) in [5.41, 5.74) is 20.1. The van der Waals surface area contributed by atoms with E-state index in [0.717, 1.165) is 84.4 Å². The number of aliphatic imine (C=N–C) groups is 4. The zero-order valence-electron chi connectivity index (χ0n) is 33.3. The van der Waals surface area contributed by atoms with Gasteiger partial charge in [-0.25, -0.2) is 20.0 Å². The fourth-order valence-corrected chi connectivity index (χ4v) is 8.35. The minimum Gasteiger partial charge on any atom is -0.306 e. The summed E-state index contributed by atoms with van der Waals surface area (Å²) in [5, 5.41) is 7.80. The first-order chi connectivity index (χ1) is 26.2. The minimum atomic E-state index is 0.0995. The monoisotopic (exact) mass is 714 g/mol. The molecule has 0 aromatic heterocycles. The van der Waals surface area contributed by atoms with Crippen molar-refractivity contribution in [3.63, 3.8) is 0 Å². The van der Waals surface area contributed by atoms with E-state index in [1.807, 2.05) is 0 Å². The third-order valence-corrected chi connectivity index (χ3v) is 11.5. The molecule has 0 radical (unpaired) electrons. The van der Waals surface area contributed by atoms with Crippen LogP contribution in [0.4, 0.5) is 0 Å². The van der Waals surface area contributed by atoms with E-state index in [2.05, 4.69) is 151 Å². The lowest BCUT2D eigenvalue weighted by atomic mass is 9.92. The van der Waals surface area contributed by atoms with Crippen molar-refractivity contribution in [2.75, 3.05) is 0 Å². The largest absolute Gasteiger partial charge is 0.306 e. The van der Waals surface area contributed by atoms with Crippen molar-refractivity contribution >= 4 is 22.8 Å². The molecule has 0 saturated carbocycles. The highest BCUT2D eigenvalue weighted by Crippen LogP contribution is 2.38. The van der Waals surface area contributed by atoms with Crippen LogP contribution in [0.5, 0.6) is 0 Å². The molecule has 6 nitrogen and oxygen atoms in total. The molecule has 276 valence electrons. The second kappa shape index (κ2) is 16.1. The topological polar surface area (TPSA) is 73.5 Å². The summed E-state index contributed by atoms with van der Waals surface area (Å²) < 4.78 is 0. The maximum Gasteiger partial charge on any atom is 0.0709 e. The van der Waals surface area contributed by atoms with Crippen molar-refractivity contribution in [1.82, 2.24) is 10.6 Å². The first kappa shape index (κ1) is 37.3. The van der Waals surface area contributed by atoms with Gasteiger partial charge in [0, 0.05) is 25.2 Å². The highest BCUT2D eigenvalue weighted by Gasteiger charge is 2.32. The standard InChI is InChI=1S/C48H54N6/c1-9-35-29(5)39-23-41-31(7)47(37(11-3)49-27-33-19-15-13-16-20-33)45(53-41)26-46-48(38(12-4)50-28-34-21-17-14-18-22-34)32(8)42(54-46)25-44-36(10-2)30(6)40(52-44)24-43(35)51-39/h13-26,37-38,49-50H,9-12,27-28H2,1-8H3. The number of fused-ring (bicyclic) bond motifs is 4. The zero-order valence-corrected chi connectivity index (χ0v) is 33.3. The van der Waals surface area contributed by atoms with Gasteiger partial charge < -0.3 is 10.6 Å². The quantitative estimate of drug-likeness (QED) is 0.230. The summed E-state index contributed by atoms with van der Waals surface area (Å²) in [7, 11) is 0. The van der Waals surface area contributed by atoms with Crippen LogP contribution in [-0.2, 0) is 13.1 Å². The molecule has 7 rings (SSSR count). The first-order valence-electron chi connectivity index (χ1n) is 19.8. The van der Waals surface area contributed by atoms with E-state index in [-0.39, 0.29) is 12.1 Å². The summed E-state index contributed by atoms with van der Waals surface area (Å²) in [6.45, 7) is 19.4. The summed E-state index contributed by atoms with van der Waals surface area (Å²) in [5.74, 6) is 0. The van der Waals surface area contributed by atoms with Crippen LogP contribution in [-0.4, -0.2) is 34.9 Å². The SMILES string of the molecule is CCC1=C(C)C2=CC3=NC(=CC4=NC(=CC5=NC(=CC1=N2)C(C)=C5CC)C(C)=C4C(CC)NCc1ccccc1)C(C(CC)NCc1ccccc1)=C3C. The van der Waals surface area contributed by atoms with E-state index in [4.69, 9.17) is 20.0 Å². The summed E-state index contributed by atoms with van der Waals surface area (Å²) >= 11 is 0. The van der Waals surface area contributed by atoms with Crippen molar-refractivity contribution in [2.24, 2.45) is 20.0 Å². The van der Waals surface area contributed by atoms with E-state index >= 15 is 0 Å². The predicted octanol–water partition coefficient (Wildman–Crippen LogP) is 10.6. The van der Waals surface area contributed by atoms with E-state index < -0.39 is 0 Å². The fraction of sp³-hybridized carbons (Fsp3) is 0.333. The molecule has 2 unspecified atom stereocenters. The molecular formula is C48H54N6. The third-order valence-electron chi connectivity index (χ3n) is 11.5. The number of nitrogens with zero attached hydrogens (tertiary/aromatic N) is 4. The molecule has 54 heavy (non-hydrogen) atoms. The average molecular weight is 715 g/mol.